The molecule has 0 fully saturated rings. The first kappa shape index (κ1) is 10.4. The molecule has 0 atom stereocenters. The van der Waals surface area contributed by atoms with Crippen molar-refractivity contribution in [2.45, 2.75) is 11.9 Å². The minimum absolute atomic E-state index is 0.296. The highest BCUT2D eigenvalue weighted by atomic mass is 79.9. The highest BCUT2D eigenvalue weighted by Gasteiger charge is 2.10. The van der Waals surface area contributed by atoms with Crippen LogP contribution >= 0.6 is 27.3 Å². The SMILES string of the molecule is N#CCn1cc(CBr)c(-c2ccsc2)n1. The third-order valence-electron chi connectivity index (χ3n) is 2.01. The van der Waals surface area contributed by atoms with E-state index >= 15 is 0 Å². The Morgan fingerprint density at radius 1 is 1.60 bits per heavy atom. The number of hydrogen-bond acceptors (Lipinski definition) is 3. The monoisotopic (exact) mass is 281 g/mol. The maximum atomic E-state index is 8.60. The summed E-state index contributed by atoms with van der Waals surface area (Å²) < 4.78 is 1.67. The standard InChI is InChI=1S/C10H8BrN3S/c11-5-9-6-14(3-2-12)13-10(9)8-1-4-15-7-8/h1,4,6-7H,3,5H2. The summed E-state index contributed by atoms with van der Waals surface area (Å²) in [4.78, 5) is 0. The molecular weight excluding hydrogens is 274 g/mol. The van der Waals surface area contributed by atoms with E-state index in [0.29, 0.717) is 6.54 Å². The number of nitrogens with zero attached hydrogens (tertiary/aromatic N) is 3. The molecule has 0 radical (unpaired) electrons. The van der Waals surface area contributed by atoms with E-state index in [0.717, 1.165) is 22.2 Å². The number of halogens is 1. The lowest BCUT2D eigenvalue weighted by molar-refractivity contribution is 0.712. The lowest BCUT2D eigenvalue weighted by Crippen LogP contribution is -1.95. The van der Waals surface area contributed by atoms with Crippen LogP contribution in [0.2, 0.25) is 0 Å². The molecule has 0 spiro atoms. The second-order valence-electron chi connectivity index (χ2n) is 3.00. The van der Waals surface area contributed by atoms with Gasteiger partial charge in [0.1, 0.15) is 6.54 Å². The summed E-state index contributed by atoms with van der Waals surface area (Å²) in [5, 5.41) is 17.8. The quantitative estimate of drug-likeness (QED) is 0.812. The van der Waals surface area contributed by atoms with Gasteiger partial charge in [-0.1, -0.05) is 15.9 Å². The summed E-state index contributed by atoms with van der Waals surface area (Å²) in [7, 11) is 0. The first-order valence-electron chi connectivity index (χ1n) is 4.37. The molecule has 0 bridgehead atoms. The molecule has 0 N–H and O–H groups in total. The van der Waals surface area contributed by atoms with Gasteiger partial charge in [0.25, 0.3) is 0 Å². The maximum Gasteiger partial charge on any atom is 0.128 e. The zero-order valence-electron chi connectivity index (χ0n) is 7.85. The molecular formula is C10H8BrN3S. The summed E-state index contributed by atoms with van der Waals surface area (Å²) in [5.41, 5.74) is 3.19. The van der Waals surface area contributed by atoms with Crippen molar-refractivity contribution in [3.63, 3.8) is 0 Å². The summed E-state index contributed by atoms with van der Waals surface area (Å²) >= 11 is 5.07. The molecule has 0 amide bonds. The van der Waals surface area contributed by atoms with Crippen LogP contribution in [0.5, 0.6) is 0 Å². The molecule has 0 saturated heterocycles. The molecule has 0 unspecified atom stereocenters. The Labute approximate surface area is 100 Å². The van der Waals surface area contributed by atoms with Gasteiger partial charge >= 0.3 is 0 Å². The van der Waals surface area contributed by atoms with Gasteiger partial charge < -0.3 is 0 Å². The van der Waals surface area contributed by atoms with E-state index in [1.807, 2.05) is 17.6 Å². The summed E-state index contributed by atoms with van der Waals surface area (Å²) in [6.45, 7) is 0.296. The van der Waals surface area contributed by atoms with Gasteiger partial charge in [0.2, 0.25) is 0 Å². The van der Waals surface area contributed by atoms with Crippen LogP contribution < -0.4 is 0 Å². The number of aromatic nitrogens is 2. The molecule has 3 nitrogen and oxygen atoms in total. The third-order valence-corrected chi connectivity index (χ3v) is 3.30. The van der Waals surface area contributed by atoms with Gasteiger partial charge in [-0.2, -0.15) is 21.7 Å². The van der Waals surface area contributed by atoms with Crippen molar-refractivity contribution in [3.05, 3.63) is 28.6 Å². The number of rotatable bonds is 3. The van der Waals surface area contributed by atoms with Crippen molar-refractivity contribution < 1.29 is 0 Å². The van der Waals surface area contributed by atoms with Crippen molar-refractivity contribution in [1.82, 2.24) is 9.78 Å². The van der Waals surface area contributed by atoms with Crippen LogP contribution in [0.3, 0.4) is 0 Å². The van der Waals surface area contributed by atoms with Crippen LogP contribution in [0.15, 0.2) is 23.0 Å². The molecule has 0 aromatic carbocycles. The van der Waals surface area contributed by atoms with Crippen molar-refractivity contribution in [1.29, 1.82) is 5.26 Å². The minimum atomic E-state index is 0.296. The molecule has 0 saturated carbocycles. The molecule has 0 aliphatic heterocycles. The molecule has 15 heavy (non-hydrogen) atoms. The van der Waals surface area contributed by atoms with E-state index < -0.39 is 0 Å². The number of alkyl halides is 1. The third kappa shape index (κ3) is 2.11. The summed E-state index contributed by atoms with van der Waals surface area (Å²) in [5.74, 6) is 0. The van der Waals surface area contributed by atoms with Gasteiger partial charge in [0, 0.05) is 28.0 Å². The van der Waals surface area contributed by atoms with Gasteiger partial charge in [0.15, 0.2) is 0 Å². The van der Waals surface area contributed by atoms with E-state index in [9.17, 15) is 0 Å². The Kier molecular flexibility index (Phi) is 3.19. The largest absolute Gasteiger partial charge is 0.258 e. The van der Waals surface area contributed by atoms with Crippen LogP contribution in [-0.2, 0) is 11.9 Å². The highest BCUT2D eigenvalue weighted by Crippen LogP contribution is 2.25. The zero-order chi connectivity index (χ0) is 10.7. The fraction of sp³-hybridized carbons (Fsp3) is 0.200. The second-order valence-corrected chi connectivity index (χ2v) is 4.35. The predicted octanol–water partition coefficient (Wildman–Crippen LogP) is 3.03. The molecule has 2 aromatic rings. The maximum absolute atomic E-state index is 8.60. The number of nitriles is 1. The Hall–Kier alpha value is -1.12. The second kappa shape index (κ2) is 4.60. The van der Waals surface area contributed by atoms with Crippen molar-refractivity contribution in [3.8, 4) is 17.3 Å². The number of hydrogen-bond donors (Lipinski definition) is 0. The predicted molar refractivity (Wildman–Crippen MR) is 63.8 cm³/mol. The van der Waals surface area contributed by atoms with Crippen molar-refractivity contribution in [2.24, 2.45) is 0 Å². The molecule has 2 heterocycles. The summed E-state index contributed by atoms with van der Waals surface area (Å²) in [6.07, 6.45) is 1.91. The zero-order valence-corrected chi connectivity index (χ0v) is 10.3. The van der Waals surface area contributed by atoms with Gasteiger partial charge in [-0.3, -0.25) is 4.68 Å². The molecule has 2 aromatic heterocycles. The lowest BCUT2D eigenvalue weighted by atomic mass is 10.2. The normalized spacial score (nSPS) is 10.1. The Morgan fingerprint density at radius 3 is 3.07 bits per heavy atom. The molecule has 0 aliphatic rings. The van der Waals surface area contributed by atoms with Crippen LogP contribution in [0.4, 0.5) is 0 Å². The number of thiophene rings is 1. The van der Waals surface area contributed by atoms with Crippen LogP contribution in [-0.4, -0.2) is 9.78 Å². The Morgan fingerprint density at radius 2 is 2.47 bits per heavy atom. The Bertz CT molecular complexity index is 481. The lowest BCUT2D eigenvalue weighted by Gasteiger charge is -1.93. The van der Waals surface area contributed by atoms with E-state index in [4.69, 9.17) is 5.26 Å². The average Bonchev–Trinajstić information content (AvgIpc) is 2.84. The first-order chi connectivity index (χ1) is 7.35. The average molecular weight is 282 g/mol. The first-order valence-corrected chi connectivity index (χ1v) is 6.43. The molecule has 2 rings (SSSR count). The van der Waals surface area contributed by atoms with Crippen LogP contribution in [0.1, 0.15) is 5.56 Å². The molecule has 0 aliphatic carbocycles. The fourth-order valence-corrected chi connectivity index (χ4v) is 2.41. The van der Waals surface area contributed by atoms with E-state index in [-0.39, 0.29) is 0 Å². The Balaban J connectivity index is 2.42. The van der Waals surface area contributed by atoms with Crippen molar-refractivity contribution in [2.75, 3.05) is 0 Å². The van der Waals surface area contributed by atoms with Gasteiger partial charge in [-0.05, 0) is 11.4 Å². The van der Waals surface area contributed by atoms with E-state index in [1.165, 1.54) is 0 Å². The van der Waals surface area contributed by atoms with Crippen LogP contribution in [0, 0.1) is 11.3 Å². The smallest absolute Gasteiger partial charge is 0.128 e. The summed E-state index contributed by atoms with van der Waals surface area (Å²) in [6, 6.07) is 4.12. The van der Waals surface area contributed by atoms with Crippen LogP contribution in [0.25, 0.3) is 11.3 Å². The highest BCUT2D eigenvalue weighted by molar-refractivity contribution is 9.08. The molecule has 5 heteroatoms. The van der Waals surface area contributed by atoms with E-state index in [1.54, 1.807) is 16.0 Å². The topological polar surface area (TPSA) is 41.6 Å². The van der Waals surface area contributed by atoms with Gasteiger partial charge in [0.05, 0.1) is 11.8 Å². The van der Waals surface area contributed by atoms with Gasteiger partial charge in [-0.15, -0.1) is 0 Å². The minimum Gasteiger partial charge on any atom is -0.258 e. The van der Waals surface area contributed by atoms with E-state index in [2.05, 4.69) is 32.5 Å². The fourth-order valence-electron chi connectivity index (χ4n) is 1.36. The van der Waals surface area contributed by atoms with Crippen molar-refractivity contribution >= 4 is 27.3 Å². The molecule has 76 valence electrons. The van der Waals surface area contributed by atoms with Gasteiger partial charge in [-0.25, -0.2) is 0 Å².